The summed E-state index contributed by atoms with van der Waals surface area (Å²) in [4.78, 5) is 16.2. The van der Waals surface area contributed by atoms with Crippen LogP contribution in [0.2, 0.25) is 0 Å². The average molecular weight is 324 g/mol. The van der Waals surface area contributed by atoms with Crippen LogP contribution in [0.1, 0.15) is 5.69 Å². The van der Waals surface area contributed by atoms with Crippen LogP contribution in [0, 0.1) is 5.82 Å². The second kappa shape index (κ2) is 4.58. The molecule has 96 valence electrons. The molecule has 0 bridgehead atoms. The third-order valence-electron chi connectivity index (χ3n) is 2.67. The lowest BCUT2D eigenvalue weighted by molar-refractivity contribution is 0.409. The summed E-state index contributed by atoms with van der Waals surface area (Å²) < 4.78 is 20.2. The summed E-state index contributed by atoms with van der Waals surface area (Å²) in [6.45, 7) is 0.229. The monoisotopic (exact) mass is 323 g/mol. The van der Waals surface area contributed by atoms with Crippen molar-refractivity contribution in [1.82, 2.24) is 14.7 Å². The normalized spacial score (nSPS) is 11.1. The first-order valence-electron chi connectivity index (χ1n) is 5.38. The van der Waals surface area contributed by atoms with Crippen molar-refractivity contribution in [2.75, 3.05) is 0 Å². The lowest BCUT2D eigenvalue weighted by Gasteiger charge is -2.05. The van der Waals surface area contributed by atoms with Gasteiger partial charge in [0, 0.05) is 10.5 Å². The molecule has 3 rings (SSSR count). The molecule has 0 radical (unpaired) electrons. The lowest BCUT2D eigenvalue weighted by Crippen LogP contribution is -2.21. The van der Waals surface area contributed by atoms with Crippen LogP contribution in [0.5, 0.6) is 0 Å². The van der Waals surface area contributed by atoms with Crippen LogP contribution in [-0.4, -0.2) is 14.7 Å². The first-order chi connectivity index (χ1) is 9.15. The van der Waals surface area contributed by atoms with E-state index in [1.54, 1.807) is 12.1 Å². The molecule has 5 nitrogen and oxygen atoms in total. The largest absolute Gasteiger partial charge is 0.364 e. The molecular formula is C12H7BrFN3O2. The van der Waals surface area contributed by atoms with Gasteiger partial charge in [0.2, 0.25) is 0 Å². The zero-order valence-electron chi connectivity index (χ0n) is 9.51. The molecule has 0 unspecified atom stereocenters. The molecule has 3 aromatic rings. The molecule has 0 aliphatic heterocycles. The highest BCUT2D eigenvalue weighted by molar-refractivity contribution is 9.10. The summed E-state index contributed by atoms with van der Waals surface area (Å²) in [5, 5.41) is 3.94. The molecule has 0 aliphatic carbocycles. The number of aromatic nitrogens is 3. The lowest BCUT2D eigenvalue weighted by atomic mass is 10.2. The summed E-state index contributed by atoms with van der Waals surface area (Å²) in [5.74, 6) is -0.532. The van der Waals surface area contributed by atoms with Gasteiger partial charge in [0.05, 0.1) is 18.3 Å². The van der Waals surface area contributed by atoms with Gasteiger partial charge in [-0.2, -0.15) is 0 Å². The Kier molecular flexibility index (Phi) is 2.90. The molecule has 0 aliphatic rings. The Morgan fingerprint density at radius 2 is 2.26 bits per heavy atom. The van der Waals surface area contributed by atoms with Gasteiger partial charge in [-0.05, 0) is 12.1 Å². The van der Waals surface area contributed by atoms with E-state index in [-0.39, 0.29) is 23.0 Å². The van der Waals surface area contributed by atoms with Crippen LogP contribution < -0.4 is 5.56 Å². The maximum absolute atomic E-state index is 13.7. The number of halogens is 2. The Morgan fingerprint density at radius 1 is 1.42 bits per heavy atom. The van der Waals surface area contributed by atoms with E-state index in [9.17, 15) is 9.18 Å². The maximum atomic E-state index is 13.7. The van der Waals surface area contributed by atoms with Crippen molar-refractivity contribution in [3.8, 4) is 0 Å². The first-order valence-corrected chi connectivity index (χ1v) is 6.18. The summed E-state index contributed by atoms with van der Waals surface area (Å²) in [6.07, 6.45) is 2.72. The predicted octanol–water partition coefficient (Wildman–Crippen LogP) is 2.33. The van der Waals surface area contributed by atoms with Crippen LogP contribution in [0.4, 0.5) is 4.39 Å². The van der Waals surface area contributed by atoms with Crippen molar-refractivity contribution in [2.45, 2.75) is 6.54 Å². The molecule has 0 amide bonds. The fourth-order valence-corrected chi connectivity index (χ4v) is 2.23. The van der Waals surface area contributed by atoms with E-state index in [0.717, 1.165) is 0 Å². The van der Waals surface area contributed by atoms with Crippen molar-refractivity contribution >= 4 is 26.8 Å². The number of hydrogen-bond acceptors (Lipinski definition) is 4. The van der Waals surface area contributed by atoms with Gasteiger partial charge in [-0.25, -0.2) is 9.37 Å². The van der Waals surface area contributed by atoms with Crippen molar-refractivity contribution < 1.29 is 8.91 Å². The molecule has 0 N–H and O–H groups in total. The average Bonchev–Trinajstić information content (AvgIpc) is 2.86. The molecule has 2 heterocycles. The standard InChI is InChI=1S/C12H7BrFN3O2/c13-7-3-9-11(10(14)4-7)15-6-17(12(9)18)5-8-1-2-19-16-8/h1-4,6H,5H2. The minimum atomic E-state index is -0.532. The van der Waals surface area contributed by atoms with Gasteiger partial charge in [0.25, 0.3) is 5.56 Å². The van der Waals surface area contributed by atoms with Gasteiger partial charge in [0.1, 0.15) is 17.5 Å². The second-order valence-corrected chi connectivity index (χ2v) is 4.87. The quantitative estimate of drug-likeness (QED) is 0.726. The Balaban J connectivity index is 2.18. The van der Waals surface area contributed by atoms with Crippen molar-refractivity contribution in [2.24, 2.45) is 0 Å². The van der Waals surface area contributed by atoms with Crippen LogP contribution >= 0.6 is 15.9 Å². The Morgan fingerprint density at radius 3 is 3.00 bits per heavy atom. The SMILES string of the molecule is O=c1c2cc(Br)cc(F)c2ncn1Cc1ccon1. The molecule has 0 fully saturated rings. The van der Waals surface area contributed by atoms with Crippen LogP contribution in [0.25, 0.3) is 10.9 Å². The van der Waals surface area contributed by atoms with Gasteiger partial charge in [0.15, 0.2) is 5.82 Å². The Labute approximate surface area is 114 Å². The molecule has 0 spiro atoms. The molecule has 1 aromatic carbocycles. The molecule has 7 heteroatoms. The first kappa shape index (κ1) is 12.0. The molecule has 0 saturated heterocycles. The van der Waals surface area contributed by atoms with Crippen LogP contribution in [0.3, 0.4) is 0 Å². The van der Waals surface area contributed by atoms with E-state index < -0.39 is 5.82 Å². The predicted molar refractivity (Wildman–Crippen MR) is 69.3 cm³/mol. The Bertz CT molecular complexity index is 799. The smallest absolute Gasteiger partial charge is 0.261 e. The minimum absolute atomic E-state index is 0.0598. The topological polar surface area (TPSA) is 60.9 Å². The fraction of sp³-hybridized carbons (Fsp3) is 0.0833. The highest BCUT2D eigenvalue weighted by Gasteiger charge is 2.10. The number of hydrogen-bond donors (Lipinski definition) is 0. The number of nitrogens with zero attached hydrogens (tertiary/aromatic N) is 3. The van der Waals surface area contributed by atoms with E-state index in [1.807, 2.05) is 0 Å². The molecule has 19 heavy (non-hydrogen) atoms. The van der Waals surface area contributed by atoms with Crippen LogP contribution in [0.15, 0.2) is 44.6 Å². The zero-order valence-corrected chi connectivity index (χ0v) is 11.1. The summed E-state index contributed by atoms with van der Waals surface area (Å²) in [6, 6.07) is 4.47. The highest BCUT2D eigenvalue weighted by Crippen LogP contribution is 2.19. The van der Waals surface area contributed by atoms with E-state index in [1.165, 1.54) is 23.2 Å². The fourth-order valence-electron chi connectivity index (χ4n) is 1.80. The van der Waals surface area contributed by atoms with E-state index >= 15 is 0 Å². The third-order valence-corrected chi connectivity index (χ3v) is 3.13. The van der Waals surface area contributed by atoms with Gasteiger partial charge in [-0.3, -0.25) is 9.36 Å². The van der Waals surface area contributed by atoms with Gasteiger partial charge in [-0.1, -0.05) is 21.1 Å². The van der Waals surface area contributed by atoms with E-state index in [4.69, 9.17) is 4.52 Å². The minimum Gasteiger partial charge on any atom is -0.364 e. The molecule has 2 aromatic heterocycles. The van der Waals surface area contributed by atoms with Gasteiger partial charge in [-0.15, -0.1) is 0 Å². The zero-order chi connectivity index (χ0) is 13.4. The molecular weight excluding hydrogens is 317 g/mol. The van der Waals surface area contributed by atoms with E-state index in [2.05, 4.69) is 26.1 Å². The highest BCUT2D eigenvalue weighted by atomic mass is 79.9. The summed E-state index contributed by atoms with van der Waals surface area (Å²) in [5.41, 5.74) is 0.330. The number of fused-ring (bicyclic) bond motifs is 1. The maximum Gasteiger partial charge on any atom is 0.261 e. The second-order valence-electron chi connectivity index (χ2n) is 3.95. The summed E-state index contributed by atoms with van der Waals surface area (Å²) >= 11 is 3.16. The molecule has 0 atom stereocenters. The number of rotatable bonds is 2. The molecule has 0 saturated carbocycles. The Hall–Kier alpha value is -2.02. The van der Waals surface area contributed by atoms with Crippen molar-refractivity contribution in [1.29, 1.82) is 0 Å². The summed E-state index contributed by atoms with van der Waals surface area (Å²) in [7, 11) is 0. The number of benzene rings is 1. The van der Waals surface area contributed by atoms with E-state index in [0.29, 0.717) is 10.2 Å². The van der Waals surface area contributed by atoms with Crippen molar-refractivity contribution in [3.05, 3.63) is 57.1 Å². The van der Waals surface area contributed by atoms with Crippen LogP contribution in [-0.2, 0) is 6.54 Å². The van der Waals surface area contributed by atoms with Gasteiger partial charge < -0.3 is 4.52 Å². The van der Waals surface area contributed by atoms with Crippen molar-refractivity contribution in [3.63, 3.8) is 0 Å². The van der Waals surface area contributed by atoms with Gasteiger partial charge >= 0.3 is 0 Å². The third kappa shape index (κ3) is 2.17.